The van der Waals surface area contributed by atoms with E-state index in [9.17, 15) is 8.78 Å². The summed E-state index contributed by atoms with van der Waals surface area (Å²) in [6.07, 6.45) is 1.78. The zero-order valence-electron chi connectivity index (χ0n) is 11.5. The topological polar surface area (TPSA) is 51.0 Å². The highest BCUT2D eigenvalue weighted by atomic mass is 19.1. The van der Waals surface area contributed by atoms with Crippen molar-refractivity contribution in [2.75, 3.05) is 6.54 Å². The molecular weight excluding hydrogens is 264 g/mol. The van der Waals surface area contributed by atoms with Crippen molar-refractivity contribution < 1.29 is 13.2 Å². The van der Waals surface area contributed by atoms with Crippen molar-refractivity contribution in [1.29, 1.82) is 0 Å². The summed E-state index contributed by atoms with van der Waals surface area (Å²) >= 11 is 0. The first-order valence-corrected chi connectivity index (χ1v) is 6.67. The van der Waals surface area contributed by atoms with Gasteiger partial charge in [-0.25, -0.2) is 8.78 Å². The summed E-state index contributed by atoms with van der Waals surface area (Å²) in [6.45, 7) is 4.90. The number of hydrogen-bond acceptors (Lipinski definition) is 4. The Morgan fingerprint density at radius 2 is 1.85 bits per heavy atom. The van der Waals surface area contributed by atoms with Gasteiger partial charge in [0.25, 0.3) is 0 Å². The minimum atomic E-state index is -0.670. The molecule has 0 saturated heterocycles. The lowest BCUT2D eigenvalue weighted by Gasteiger charge is -2.11. The molecule has 6 heteroatoms. The Kier molecular flexibility index (Phi) is 4.79. The SMILES string of the molecule is CCCNC(CC)c1nnc(-c2cc(F)cc(F)c2)o1. The van der Waals surface area contributed by atoms with E-state index in [1.807, 2.05) is 6.92 Å². The van der Waals surface area contributed by atoms with Crippen LogP contribution >= 0.6 is 0 Å². The minimum absolute atomic E-state index is 0.0467. The third-order valence-corrected chi connectivity index (χ3v) is 2.90. The van der Waals surface area contributed by atoms with Gasteiger partial charge in [0, 0.05) is 11.6 Å². The monoisotopic (exact) mass is 281 g/mol. The van der Waals surface area contributed by atoms with Crippen LogP contribution in [0.5, 0.6) is 0 Å². The number of halogens is 2. The third kappa shape index (κ3) is 3.39. The third-order valence-electron chi connectivity index (χ3n) is 2.90. The molecule has 2 rings (SSSR count). The summed E-state index contributed by atoms with van der Waals surface area (Å²) in [6, 6.07) is 3.09. The Hall–Kier alpha value is -1.82. The molecular formula is C14H17F2N3O. The first-order valence-electron chi connectivity index (χ1n) is 6.67. The Morgan fingerprint density at radius 3 is 2.45 bits per heavy atom. The number of hydrogen-bond donors (Lipinski definition) is 1. The molecule has 0 amide bonds. The van der Waals surface area contributed by atoms with E-state index in [-0.39, 0.29) is 17.5 Å². The van der Waals surface area contributed by atoms with E-state index >= 15 is 0 Å². The maximum absolute atomic E-state index is 13.2. The zero-order chi connectivity index (χ0) is 14.5. The lowest BCUT2D eigenvalue weighted by molar-refractivity contribution is 0.396. The van der Waals surface area contributed by atoms with Crippen LogP contribution in [0.15, 0.2) is 22.6 Å². The van der Waals surface area contributed by atoms with Gasteiger partial charge in [-0.2, -0.15) is 0 Å². The van der Waals surface area contributed by atoms with Gasteiger partial charge in [0.2, 0.25) is 11.8 Å². The van der Waals surface area contributed by atoms with Gasteiger partial charge in [-0.15, -0.1) is 10.2 Å². The van der Waals surface area contributed by atoms with Crippen LogP contribution in [0.3, 0.4) is 0 Å². The molecule has 1 atom stereocenters. The molecule has 4 nitrogen and oxygen atoms in total. The van der Waals surface area contributed by atoms with Crippen molar-refractivity contribution in [3.05, 3.63) is 35.7 Å². The molecule has 1 unspecified atom stereocenters. The lowest BCUT2D eigenvalue weighted by atomic mass is 10.2. The predicted molar refractivity (Wildman–Crippen MR) is 71.0 cm³/mol. The average molecular weight is 281 g/mol. The van der Waals surface area contributed by atoms with Gasteiger partial charge in [0.1, 0.15) is 11.6 Å². The molecule has 1 heterocycles. The van der Waals surface area contributed by atoms with E-state index in [2.05, 4.69) is 22.4 Å². The van der Waals surface area contributed by atoms with Gasteiger partial charge < -0.3 is 9.73 Å². The van der Waals surface area contributed by atoms with E-state index in [0.29, 0.717) is 5.89 Å². The van der Waals surface area contributed by atoms with Crippen LogP contribution in [0.1, 0.15) is 38.6 Å². The van der Waals surface area contributed by atoms with Crippen LogP contribution in [-0.2, 0) is 0 Å². The molecule has 0 aliphatic heterocycles. The fraction of sp³-hybridized carbons (Fsp3) is 0.429. The van der Waals surface area contributed by atoms with Crippen molar-refractivity contribution in [2.24, 2.45) is 0 Å². The molecule has 0 aliphatic rings. The summed E-state index contributed by atoms with van der Waals surface area (Å²) in [5.74, 6) is -0.789. The number of rotatable bonds is 6. The fourth-order valence-corrected chi connectivity index (χ4v) is 1.89. The van der Waals surface area contributed by atoms with Gasteiger partial charge in [0.15, 0.2) is 0 Å². The van der Waals surface area contributed by atoms with Gasteiger partial charge in [0.05, 0.1) is 6.04 Å². The maximum atomic E-state index is 13.2. The number of benzene rings is 1. The highest BCUT2D eigenvalue weighted by Crippen LogP contribution is 2.23. The van der Waals surface area contributed by atoms with Gasteiger partial charge in [-0.3, -0.25) is 0 Å². The molecule has 0 aliphatic carbocycles. The van der Waals surface area contributed by atoms with E-state index in [0.717, 1.165) is 25.5 Å². The minimum Gasteiger partial charge on any atom is -0.419 e. The van der Waals surface area contributed by atoms with E-state index in [1.165, 1.54) is 12.1 Å². The second-order valence-corrected chi connectivity index (χ2v) is 4.52. The van der Waals surface area contributed by atoms with Crippen molar-refractivity contribution in [3.8, 4) is 11.5 Å². The Balaban J connectivity index is 2.23. The Bertz CT molecular complexity index is 551. The Labute approximate surface area is 116 Å². The zero-order valence-corrected chi connectivity index (χ0v) is 11.5. The number of aromatic nitrogens is 2. The van der Waals surface area contributed by atoms with Crippen LogP contribution in [0.25, 0.3) is 11.5 Å². The summed E-state index contributed by atoms with van der Waals surface area (Å²) in [5.41, 5.74) is 0.242. The maximum Gasteiger partial charge on any atom is 0.248 e. The first-order chi connectivity index (χ1) is 9.63. The molecule has 0 fully saturated rings. The quantitative estimate of drug-likeness (QED) is 0.881. The van der Waals surface area contributed by atoms with Gasteiger partial charge >= 0.3 is 0 Å². The Morgan fingerprint density at radius 1 is 1.15 bits per heavy atom. The van der Waals surface area contributed by atoms with Crippen molar-refractivity contribution in [3.63, 3.8) is 0 Å². The molecule has 1 N–H and O–H groups in total. The smallest absolute Gasteiger partial charge is 0.248 e. The normalized spacial score (nSPS) is 12.6. The number of nitrogens with one attached hydrogen (secondary N) is 1. The molecule has 0 spiro atoms. The van der Waals surface area contributed by atoms with E-state index in [1.54, 1.807) is 0 Å². The molecule has 0 bridgehead atoms. The summed E-state index contributed by atoms with van der Waals surface area (Å²) < 4.78 is 31.9. The van der Waals surface area contributed by atoms with E-state index < -0.39 is 11.6 Å². The van der Waals surface area contributed by atoms with E-state index in [4.69, 9.17) is 4.42 Å². The molecule has 0 saturated carbocycles. The summed E-state index contributed by atoms with van der Waals surface area (Å²) in [7, 11) is 0. The van der Waals surface area contributed by atoms with Crippen LogP contribution < -0.4 is 5.32 Å². The van der Waals surface area contributed by atoms with Crippen LogP contribution in [-0.4, -0.2) is 16.7 Å². The average Bonchev–Trinajstić information content (AvgIpc) is 2.88. The largest absolute Gasteiger partial charge is 0.419 e. The lowest BCUT2D eigenvalue weighted by Crippen LogP contribution is -2.21. The van der Waals surface area contributed by atoms with Crippen molar-refractivity contribution in [2.45, 2.75) is 32.7 Å². The summed E-state index contributed by atoms with van der Waals surface area (Å²) in [4.78, 5) is 0. The first kappa shape index (κ1) is 14.6. The van der Waals surface area contributed by atoms with Crippen molar-refractivity contribution in [1.82, 2.24) is 15.5 Å². The van der Waals surface area contributed by atoms with Crippen molar-refractivity contribution >= 4 is 0 Å². The molecule has 1 aromatic carbocycles. The molecule has 2 aromatic rings. The van der Waals surface area contributed by atoms with Crippen LogP contribution in [0.2, 0.25) is 0 Å². The van der Waals surface area contributed by atoms with Gasteiger partial charge in [-0.05, 0) is 31.5 Å². The molecule has 20 heavy (non-hydrogen) atoms. The predicted octanol–water partition coefficient (Wildman–Crippen LogP) is 3.47. The highest BCUT2D eigenvalue weighted by Gasteiger charge is 2.17. The second kappa shape index (κ2) is 6.56. The fourth-order valence-electron chi connectivity index (χ4n) is 1.89. The second-order valence-electron chi connectivity index (χ2n) is 4.52. The highest BCUT2D eigenvalue weighted by molar-refractivity contribution is 5.52. The molecule has 1 aromatic heterocycles. The standard InChI is InChI=1S/C14H17F2N3O/c1-3-5-17-12(4-2)14-19-18-13(20-14)9-6-10(15)8-11(16)7-9/h6-8,12,17H,3-5H2,1-2H3. The van der Waals surface area contributed by atoms with Crippen LogP contribution in [0.4, 0.5) is 8.78 Å². The number of nitrogens with zero attached hydrogens (tertiary/aromatic N) is 2. The van der Waals surface area contributed by atoms with Gasteiger partial charge in [-0.1, -0.05) is 13.8 Å². The van der Waals surface area contributed by atoms with Crippen LogP contribution in [0, 0.1) is 11.6 Å². The summed E-state index contributed by atoms with van der Waals surface area (Å²) in [5, 5.41) is 11.1. The molecule has 0 radical (unpaired) electrons. The molecule has 108 valence electrons.